The summed E-state index contributed by atoms with van der Waals surface area (Å²) in [4.78, 5) is 11.6. The number of hydrogen-bond acceptors (Lipinski definition) is 5. The summed E-state index contributed by atoms with van der Waals surface area (Å²) in [7, 11) is -2.67. The highest BCUT2D eigenvalue weighted by Crippen LogP contribution is 2.21. The molecule has 0 aliphatic heterocycles. The first-order chi connectivity index (χ1) is 9.94. The summed E-state index contributed by atoms with van der Waals surface area (Å²) in [6.45, 7) is 14.7. The summed E-state index contributed by atoms with van der Waals surface area (Å²) in [6.07, 6.45) is 1.25. The van der Waals surface area contributed by atoms with Crippen LogP contribution >= 0.6 is 0 Å². The molecule has 0 fully saturated rings. The van der Waals surface area contributed by atoms with Crippen molar-refractivity contribution in [1.29, 1.82) is 0 Å². The smallest absolute Gasteiger partial charge is 0.459 e. The molecule has 0 saturated heterocycles. The summed E-state index contributed by atoms with van der Waals surface area (Å²) < 4.78 is 22.8. The average Bonchev–Trinajstić information content (AvgIpc) is 2.43. The van der Waals surface area contributed by atoms with Crippen LogP contribution in [-0.4, -0.2) is 40.7 Å². The van der Waals surface area contributed by atoms with Crippen molar-refractivity contribution >= 4 is 14.8 Å². The fraction of sp³-hybridized carbons (Fsp3) is 0.800. The number of hydrogen-bond donors (Lipinski definition) is 0. The van der Waals surface area contributed by atoms with Gasteiger partial charge in [-0.15, -0.1) is 0 Å². The first-order valence-corrected chi connectivity index (χ1v) is 9.66. The van der Waals surface area contributed by atoms with E-state index in [4.69, 9.17) is 18.0 Å². The van der Waals surface area contributed by atoms with Crippen LogP contribution in [-0.2, 0) is 22.8 Å². The molecule has 0 bridgehead atoms. The van der Waals surface area contributed by atoms with Gasteiger partial charge in [-0.1, -0.05) is 13.5 Å². The van der Waals surface area contributed by atoms with Gasteiger partial charge in [-0.25, -0.2) is 4.79 Å². The second-order valence-electron chi connectivity index (χ2n) is 4.74. The Bertz CT molecular complexity index is 302. The fourth-order valence-electron chi connectivity index (χ4n) is 1.94. The van der Waals surface area contributed by atoms with E-state index >= 15 is 0 Å². The predicted molar refractivity (Wildman–Crippen MR) is 85.0 cm³/mol. The molecular formula is C15H30O5Si. The van der Waals surface area contributed by atoms with Crippen LogP contribution in [0.3, 0.4) is 0 Å². The van der Waals surface area contributed by atoms with Gasteiger partial charge < -0.3 is 18.0 Å². The van der Waals surface area contributed by atoms with Gasteiger partial charge >= 0.3 is 14.8 Å². The topological polar surface area (TPSA) is 54.0 Å². The Hall–Kier alpha value is -0.693. The van der Waals surface area contributed by atoms with E-state index in [0.717, 1.165) is 6.42 Å². The monoisotopic (exact) mass is 318 g/mol. The zero-order chi connectivity index (χ0) is 16.3. The number of esters is 1. The number of carbonyl (C=O) groups excluding carboxylic acids is 1. The van der Waals surface area contributed by atoms with Gasteiger partial charge in [0.1, 0.15) is 6.10 Å². The lowest BCUT2D eigenvalue weighted by molar-refractivity contribution is -0.144. The zero-order valence-corrected chi connectivity index (χ0v) is 15.1. The molecule has 0 aliphatic rings. The molecule has 124 valence electrons. The molecule has 0 radical (unpaired) electrons. The third-order valence-electron chi connectivity index (χ3n) is 2.94. The maximum atomic E-state index is 11.6. The van der Waals surface area contributed by atoms with Crippen LogP contribution in [0.1, 0.15) is 47.5 Å². The lowest BCUT2D eigenvalue weighted by atomic mass is 10.2. The molecule has 6 heteroatoms. The van der Waals surface area contributed by atoms with Gasteiger partial charge in [-0.2, -0.15) is 0 Å². The number of ether oxygens (including phenoxy) is 1. The maximum Gasteiger partial charge on any atom is 0.501 e. The maximum absolute atomic E-state index is 11.6. The van der Waals surface area contributed by atoms with E-state index < -0.39 is 8.80 Å². The highest BCUT2D eigenvalue weighted by Gasteiger charge is 2.40. The van der Waals surface area contributed by atoms with E-state index in [2.05, 4.69) is 6.58 Å². The Kier molecular flexibility index (Phi) is 10.6. The second-order valence-corrected chi connectivity index (χ2v) is 7.47. The molecule has 0 rings (SSSR count). The van der Waals surface area contributed by atoms with Crippen molar-refractivity contribution in [3.05, 3.63) is 12.2 Å². The molecule has 0 aliphatic carbocycles. The van der Waals surface area contributed by atoms with Gasteiger partial charge in [-0.05, 0) is 40.5 Å². The van der Waals surface area contributed by atoms with Crippen molar-refractivity contribution < 1.29 is 22.8 Å². The van der Waals surface area contributed by atoms with Gasteiger partial charge in [0.25, 0.3) is 0 Å². The van der Waals surface area contributed by atoms with E-state index in [1.807, 2.05) is 27.7 Å². The predicted octanol–water partition coefficient (Wildman–Crippen LogP) is 3.32. The minimum atomic E-state index is -2.67. The Balaban J connectivity index is 4.67. The van der Waals surface area contributed by atoms with E-state index in [0.29, 0.717) is 37.9 Å². The van der Waals surface area contributed by atoms with Crippen LogP contribution in [0.15, 0.2) is 12.2 Å². The highest BCUT2D eigenvalue weighted by molar-refractivity contribution is 6.60. The lowest BCUT2D eigenvalue weighted by Crippen LogP contribution is -2.46. The van der Waals surface area contributed by atoms with Crippen molar-refractivity contribution in [1.82, 2.24) is 0 Å². The first-order valence-electron chi connectivity index (χ1n) is 7.72. The van der Waals surface area contributed by atoms with Crippen LogP contribution in [0.4, 0.5) is 0 Å². The molecule has 0 amide bonds. The molecule has 21 heavy (non-hydrogen) atoms. The van der Waals surface area contributed by atoms with Crippen molar-refractivity contribution in [2.45, 2.75) is 59.6 Å². The lowest BCUT2D eigenvalue weighted by Gasteiger charge is -2.29. The zero-order valence-electron chi connectivity index (χ0n) is 14.1. The van der Waals surface area contributed by atoms with Gasteiger partial charge in [0, 0.05) is 31.4 Å². The van der Waals surface area contributed by atoms with Gasteiger partial charge in [0.05, 0.1) is 0 Å². The van der Waals surface area contributed by atoms with Crippen LogP contribution in [0.2, 0.25) is 6.04 Å². The standard InChI is InChI=1S/C15H30O5Si/c1-7-14(20-15(16)13(5)6)11-12-21(17-8-2,18-9-3)19-10-4/h14H,5,7-12H2,1-4,6H3. The fourth-order valence-corrected chi connectivity index (χ4v) is 4.62. The SMILES string of the molecule is C=C(C)C(=O)OC(CC)CC[Si](OCC)(OCC)OCC. The quantitative estimate of drug-likeness (QED) is 0.314. The Morgan fingerprint density at radius 1 is 1.05 bits per heavy atom. The van der Waals surface area contributed by atoms with Crippen LogP contribution in [0, 0.1) is 0 Å². The summed E-state index contributed by atoms with van der Waals surface area (Å²) in [5.74, 6) is -0.349. The molecule has 0 heterocycles. The van der Waals surface area contributed by atoms with Gasteiger partial charge in [0.2, 0.25) is 0 Å². The highest BCUT2D eigenvalue weighted by atomic mass is 28.4. The molecule has 5 nitrogen and oxygen atoms in total. The minimum absolute atomic E-state index is 0.164. The van der Waals surface area contributed by atoms with E-state index in [1.54, 1.807) is 6.92 Å². The molecule has 0 aromatic rings. The molecule has 0 aromatic carbocycles. The van der Waals surface area contributed by atoms with Gasteiger partial charge in [-0.3, -0.25) is 0 Å². The molecule has 1 unspecified atom stereocenters. The normalized spacial score (nSPS) is 13.0. The molecule has 0 saturated carbocycles. The van der Waals surface area contributed by atoms with E-state index in [1.165, 1.54) is 0 Å². The second kappa shape index (κ2) is 11.0. The first kappa shape index (κ1) is 20.3. The largest absolute Gasteiger partial charge is 0.501 e. The summed E-state index contributed by atoms with van der Waals surface area (Å²) in [5.41, 5.74) is 0.413. The van der Waals surface area contributed by atoms with Gasteiger partial charge in [0.15, 0.2) is 0 Å². The van der Waals surface area contributed by atoms with Crippen LogP contribution < -0.4 is 0 Å². The Labute approximate surface area is 130 Å². The number of carbonyl (C=O) groups is 1. The van der Waals surface area contributed by atoms with Crippen LogP contribution in [0.5, 0.6) is 0 Å². The van der Waals surface area contributed by atoms with Crippen molar-refractivity contribution in [3.63, 3.8) is 0 Å². The Morgan fingerprint density at radius 2 is 1.52 bits per heavy atom. The molecule has 0 spiro atoms. The molecule has 0 N–H and O–H groups in total. The van der Waals surface area contributed by atoms with Crippen molar-refractivity contribution in [2.24, 2.45) is 0 Å². The van der Waals surface area contributed by atoms with E-state index in [9.17, 15) is 4.79 Å². The summed E-state index contributed by atoms with van der Waals surface area (Å²) in [6, 6.07) is 0.643. The molecule has 1 atom stereocenters. The third kappa shape index (κ3) is 7.76. The minimum Gasteiger partial charge on any atom is -0.459 e. The van der Waals surface area contributed by atoms with Crippen molar-refractivity contribution in [3.8, 4) is 0 Å². The average molecular weight is 318 g/mol. The third-order valence-corrected chi connectivity index (χ3v) is 6.03. The van der Waals surface area contributed by atoms with Crippen LogP contribution in [0.25, 0.3) is 0 Å². The molecule has 0 aromatic heterocycles. The number of rotatable bonds is 12. The Morgan fingerprint density at radius 3 is 1.86 bits per heavy atom. The van der Waals surface area contributed by atoms with Crippen molar-refractivity contribution in [2.75, 3.05) is 19.8 Å². The summed E-state index contributed by atoms with van der Waals surface area (Å²) >= 11 is 0. The molecular weight excluding hydrogens is 288 g/mol. The summed E-state index contributed by atoms with van der Waals surface area (Å²) in [5, 5.41) is 0. The van der Waals surface area contributed by atoms with E-state index in [-0.39, 0.29) is 12.1 Å².